The molecule has 0 radical (unpaired) electrons. The van der Waals surface area contributed by atoms with Gasteiger partial charge in [-0.05, 0) is 51.0 Å². The van der Waals surface area contributed by atoms with Crippen molar-refractivity contribution in [1.29, 1.82) is 0 Å². The Morgan fingerprint density at radius 2 is 1.76 bits per heavy atom. The molecular formula is C23H28F2N2O2. The van der Waals surface area contributed by atoms with Crippen LogP contribution in [0.4, 0.5) is 13.6 Å². The van der Waals surface area contributed by atoms with Crippen molar-refractivity contribution in [2.24, 2.45) is 0 Å². The normalized spacial score (nSPS) is 20.6. The van der Waals surface area contributed by atoms with Crippen LogP contribution < -0.4 is 0 Å². The summed E-state index contributed by atoms with van der Waals surface area (Å²) in [6.07, 6.45) is -0.446. The fourth-order valence-electron chi connectivity index (χ4n) is 3.59. The van der Waals surface area contributed by atoms with Gasteiger partial charge in [-0.15, -0.1) is 0 Å². The molecule has 29 heavy (non-hydrogen) atoms. The molecule has 1 aliphatic heterocycles. The van der Waals surface area contributed by atoms with Crippen molar-refractivity contribution in [3.8, 4) is 0 Å². The van der Waals surface area contributed by atoms with Gasteiger partial charge in [0.1, 0.15) is 5.60 Å². The van der Waals surface area contributed by atoms with Crippen LogP contribution >= 0.6 is 0 Å². The third-order valence-corrected chi connectivity index (χ3v) is 5.05. The van der Waals surface area contributed by atoms with Crippen LogP contribution in [0.5, 0.6) is 0 Å². The van der Waals surface area contributed by atoms with Gasteiger partial charge < -0.3 is 4.74 Å². The Labute approximate surface area is 171 Å². The molecule has 2 atom stereocenters. The van der Waals surface area contributed by atoms with Crippen LogP contribution in [0.3, 0.4) is 0 Å². The lowest BCUT2D eigenvalue weighted by atomic mass is 9.99. The zero-order valence-corrected chi connectivity index (χ0v) is 17.4. The van der Waals surface area contributed by atoms with E-state index in [2.05, 4.69) is 24.0 Å². The van der Waals surface area contributed by atoms with Crippen molar-refractivity contribution in [1.82, 2.24) is 9.80 Å². The lowest BCUT2D eigenvalue weighted by Gasteiger charge is -2.45. The molecule has 0 saturated carbocycles. The third-order valence-electron chi connectivity index (χ3n) is 5.05. The average Bonchev–Trinajstić information content (AvgIpc) is 2.65. The first-order valence-electron chi connectivity index (χ1n) is 9.86. The molecule has 6 heteroatoms. The molecule has 0 N–H and O–H groups in total. The Balaban J connectivity index is 1.89. The highest BCUT2D eigenvalue weighted by molar-refractivity contribution is 5.69. The van der Waals surface area contributed by atoms with Gasteiger partial charge in [0.25, 0.3) is 0 Å². The first-order chi connectivity index (χ1) is 13.6. The van der Waals surface area contributed by atoms with E-state index in [4.69, 9.17) is 4.74 Å². The Kier molecular flexibility index (Phi) is 6.22. The van der Waals surface area contributed by atoms with E-state index in [-0.39, 0.29) is 6.04 Å². The molecule has 1 saturated heterocycles. The molecular weight excluding hydrogens is 374 g/mol. The Morgan fingerprint density at radius 3 is 2.38 bits per heavy atom. The maximum atomic E-state index is 13.9. The number of ether oxygens (including phenoxy) is 1. The average molecular weight is 402 g/mol. The number of halogens is 2. The van der Waals surface area contributed by atoms with E-state index in [0.29, 0.717) is 25.2 Å². The van der Waals surface area contributed by atoms with E-state index in [9.17, 15) is 13.6 Å². The Hall–Kier alpha value is -2.47. The van der Waals surface area contributed by atoms with Crippen molar-refractivity contribution in [2.45, 2.75) is 51.9 Å². The number of rotatable bonds is 3. The molecule has 0 unspecified atom stereocenters. The van der Waals surface area contributed by atoms with Gasteiger partial charge in [-0.1, -0.05) is 36.4 Å². The van der Waals surface area contributed by atoms with Gasteiger partial charge in [0.2, 0.25) is 0 Å². The van der Waals surface area contributed by atoms with Gasteiger partial charge in [0, 0.05) is 25.7 Å². The summed E-state index contributed by atoms with van der Waals surface area (Å²) < 4.78 is 33.0. The van der Waals surface area contributed by atoms with Gasteiger partial charge in [-0.25, -0.2) is 13.6 Å². The van der Waals surface area contributed by atoms with Crippen LogP contribution in [-0.2, 0) is 11.3 Å². The van der Waals surface area contributed by atoms with Crippen LogP contribution in [-0.4, -0.2) is 40.6 Å². The van der Waals surface area contributed by atoms with E-state index in [1.54, 1.807) is 4.90 Å². The molecule has 0 spiro atoms. The highest BCUT2D eigenvalue weighted by Gasteiger charge is 2.37. The minimum atomic E-state index is -0.917. The fourth-order valence-corrected chi connectivity index (χ4v) is 3.59. The zero-order chi connectivity index (χ0) is 21.2. The molecule has 0 aromatic heterocycles. The number of carbonyl (C=O) groups is 1. The largest absolute Gasteiger partial charge is 0.444 e. The lowest BCUT2D eigenvalue weighted by Crippen LogP contribution is -2.55. The maximum Gasteiger partial charge on any atom is 0.410 e. The monoisotopic (exact) mass is 402 g/mol. The summed E-state index contributed by atoms with van der Waals surface area (Å²) in [5.41, 5.74) is 1.08. The maximum absolute atomic E-state index is 13.9. The molecule has 1 aliphatic rings. The summed E-state index contributed by atoms with van der Waals surface area (Å²) >= 11 is 0. The van der Waals surface area contributed by atoms with Gasteiger partial charge in [-0.2, -0.15) is 0 Å². The molecule has 156 valence electrons. The minimum Gasteiger partial charge on any atom is -0.444 e. The second kappa shape index (κ2) is 8.49. The number of amides is 1. The van der Waals surface area contributed by atoms with Gasteiger partial charge in [0.15, 0.2) is 11.6 Å². The number of hydrogen-bond acceptors (Lipinski definition) is 3. The summed E-state index contributed by atoms with van der Waals surface area (Å²) in [4.78, 5) is 16.8. The molecule has 0 bridgehead atoms. The van der Waals surface area contributed by atoms with Crippen molar-refractivity contribution in [3.05, 3.63) is 71.3 Å². The predicted octanol–water partition coefficient (Wildman–Crippen LogP) is 5.15. The number of nitrogens with zero attached hydrogens (tertiary/aromatic N) is 2. The standard InChI is InChI=1S/C23H28F2N2O2/c1-16-13-27(22(28)29-23(2,3)4)21(18-10-11-19(24)20(25)12-18)15-26(16)14-17-8-6-5-7-9-17/h5-12,16,21H,13-15H2,1-4H3/t16-,21+/m1/s1. The van der Waals surface area contributed by atoms with Crippen LogP contribution in [0.2, 0.25) is 0 Å². The summed E-state index contributed by atoms with van der Waals surface area (Å²) in [6, 6.07) is 13.5. The Morgan fingerprint density at radius 1 is 1.07 bits per heavy atom. The smallest absolute Gasteiger partial charge is 0.410 e. The second-order valence-electron chi connectivity index (χ2n) is 8.59. The van der Waals surface area contributed by atoms with E-state index >= 15 is 0 Å². The van der Waals surface area contributed by atoms with E-state index in [0.717, 1.165) is 11.6 Å². The third kappa shape index (κ3) is 5.32. The van der Waals surface area contributed by atoms with Gasteiger partial charge in [-0.3, -0.25) is 9.80 Å². The highest BCUT2D eigenvalue weighted by atomic mass is 19.2. The minimum absolute atomic E-state index is 0.0873. The molecule has 1 amide bonds. The van der Waals surface area contributed by atoms with Gasteiger partial charge in [0.05, 0.1) is 6.04 Å². The van der Waals surface area contributed by atoms with E-state index < -0.39 is 29.4 Å². The SMILES string of the molecule is C[C@@H]1CN(C(=O)OC(C)(C)C)[C@H](c2ccc(F)c(F)c2)CN1Cc1ccccc1. The molecule has 3 rings (SSSR count). The number of benzene rings is 2. The summed E-state index contributed by atoms with van der Waals surface area (Å²) in [7, 11) is 0. The molecule has 2 aromatic rings. The van der Waals surface area contributed by atoms with E-state index in [1.807, 2.05) is 39.0 Å². The van der Waals surface area contributed by atoms with Crippen molar-refractivity contribution < 1.29 is 18.3 Å². The Bertz CT molecular complexity index is 852. The van der Waals surface area contributed by atoms with Crippen LogP contribution in [0.15, 0.2) is 48.5 Å². The first-order valence-corrected chi connectivity index (χ1v) is 9.86. The number of hydrogen-bond donors (Lipinski definition) is 0. The van der Waals surface area contributed by atoms with E-state index in [1.165, 1.54) is 12.1 Å². The number of carbonyl (C=O) groups excluding carboxylic acids is 1. The predicted molar refractivity (Wildman–Crippen MR) is 108 cm³/mol. The van der Waals surface area contributed by atoms with Crippen LogP contribution in [0.25, 0.3) is 0 Å². The van der Waals surface area contributed by atoms with Crippen molar-refractivity contribution in [2.75, 3.05) is 13.1 Å². The molecule has 4 nitrogen and oxygen atoms in total. The summed E-state index contributed by atoms with van der Waals surface area (Å²) in [6.45, 7) is 9.14. The molecule has 1 fully saturated rings. The summed E-state index contributed by atoms with van der Waals surface area (Å²) in [5, 5.41) is 0. The molecule has 2 aromatic carbocycles. The zero-order valence-electron chi connectivity index (χ0n) is 17.4. The number of piperazine rings is 1. The first kappa shape index (κ1) is 21.2. The van der Waals surface area contributed by atoms with Gasteiger partial charge >= 0.3 is 6.09 Å². The van der Waals surface area contributed by atoms with Crippen LogP contribution in [0.1, 0.15) is 44.9 Å². The highest BCUT2D eigenvalue weighted by Crippen LogP contribution is 2.31. The summed E-state index contributed by atoms with van der Waals surface area (Å²) in [5.74, 6) is -1.82. The fraction of sp³-hybridized carbons (Fsp3) is 0.435. The van der Waals surface area contributed by atoms with Crippen molar-refractivity contribution in [3.63, 3.8) is 0 Å². The second-order valence-corrected chi connectivity index (χ2v) is 8.59. The van der Waals surface area contributed by atoms with Crippen LogP contribution in [0, 0.1) is 11.6 Å². The van der Waals surface area contributed by atoms with Crippen molar-refractivity contribution >= 4 is 6.09 Å². The molecule has 1 heterocycles. The lowest BCUT2D eigenvalue weighted by molar-refractivity contribution is -0.0159. The quantitative estimate of drug-likeness (QED) is 0.712. The topological polar surface area (TPSA) is 32.8 Å². The molecule has 0 aliphatic carbocycles.